The Kier molecular flexibility index (Phi) is 6.73. The Bertz CT molecular complexity index is 1250. The maximum atomic E-state index is 13.5. The summed E-state index contributed by atoms with van der Waals surface area (Å²) in [5.41, 5.74) is 2.42. The van der Waals surface area contributed by atoms with E-state index in [0.717, 1.165) is 23.3 Å². The highest BCUT2D eigenvalue weighted by molar-refractivity contribution is 6.20. The van der Waals surface area contributed by atoms with Crippen molar-refractivity contribution in [2.45, 2.75) is 38.7 Å². The van der Waals surface area contributed by atoms with E-state index in [0.29, 0.717) is 17.0 Å². The number of benzene rings is 3. The van der Waals surface area contributed by atoms with Gasteiger partial charge < -0.3 is 10.2 Å². The van der Waals surface area contributed by atoms with Crippen LogP contribution in [-0.4, -0.2) is 29.7 Å². The molecular weight excluding hydrogens is 455 g/mol. The minimum atomic E-state index is -4.45. The first-order valence-electron chi connectivity index (χ1n) is 11.2. The van der Waals surface area contributed by atoms with Crippen molar-refractivity contribution in [3.63, 3.8) is 0 Å². The number of fused-ring (bicyclic) bond motifs is 1. The zero-order valence-electron chi connectivity index (χ0n) is 19.2. The Labute approximate surface area is 201 Å². The van der Waals surface area contributed by atoms with Crippen LogP contribution in [0.1, 0.15) is 36.1 Å². The van der Waals surface area contributed by atoms with E-state index in [1.54, 1.807) is 4.90 Å². The highest BCUT2D eigenvalue weighted by Gasteiger charge is 2.34. The van der Waals surface area contributed by atoms with Crippen LogP contribution in [0.25, 0.3) is 0 Å². The number of nitrogens with one attached hydrogen (secondary N) is 1. The summed E-state index contributed by atoms with van der Waals surface area (Å²) in [5, 5.41) is 2.68. The zero-order valence-corrected chi connectivity index (χ0v) is 19.2. The third-order valence-corrected chi connectivity index (χ3v) is 5.66. The molecule has 0 aliphatic carbocycles. The molecule has 8 heteroatoms. The van der Waals surface area contributed by atoms with E-state index in [2.05, 4.69) is 10.3 Å². The molecule has 5 nitrogen and oxygen atoms in total. The van der Waals surface area contributed by atoms with E-state index < -0.39 is 23.8 Å². The molecule has 0 bridgehead atoms. The largest absolute Gasteiger partial charge is 0.416 e. The highest BCUT2D eigenvalue weighted by atomic mass is 19.4. The molecule has 0 saturated carbocycles. The van der Waals surface area contributed by atoms with Crippen molar-refractivity contribution in [1.82, 2.24) is 5.32 Å². The van der Waals surface area contributed by atoms with E-state index in [9.17, 15) is 22.8 Å². The minimum absolute atomic E-state index is 0.188. The molecule has 35 heavy (non-hydrogen) atoms. The molecule has 1 atom stereocenters. The number of carbonyl (C=O) groups excluding carboxylic acids is 2. The standard InChI is InChI=1S/C27H24F3N3O2/c1-17(2)33-22-11-7-6-10-21(22)24(19-8-4-3-5-9-19)32-25(26(33)35)31-23(34)16-18-12-14-20(15-13-18)27(28,29)30/h3-15,17,25H,16H2,1-2H3,(H,31,34)/t25-/m1/s1. The first kappa shape index (κ1) is 24.2. The predicted molar refractivity (Wildman–Crippen MR) is 128 cm³/mol. The molecule has 4 rings (SSSR count). The third kappa shape index (κ3) is 5.26. The zero-order chi connectivity index (χ0) is 25.2. The summed E-state index contributed by atoms with van der Waals surface area (Å²) in [5.74, 6) is -0.909. The van der Waals surface area contributed by atoms with Crippen molar-refractivity contribution in [1.29, 1.82) is 0 Å². The van der Waals surface area contributed by atoms with E-state index in [1.165, 1.54) is 12.1 Å². The van der Waals surface area contributed by atoms with Crippen molar-refractivity contribution >= 4 is 23.2 Å². The SMILES string of the molecule is CC(C)N1C(=O)[C@H](NC(=O)Cc2ccc(C(F)(F)F)cc2)N=C(c2ccccc2)c2ccccc21. The van der Waals surface area contributed by atoms with Gasteiger partial charge in [-0.3, -0.25) is 9.59 Å². The molecule has 2 amide bonds. The Balaban J connectivity index is 1.67. The lowest BCUT2D eigenvalue weighted by Gasteiger charge is -2.29. The number of anilines is 1. The smallest absolute Gasteiger partial charge is 0.326 e. The number of amides is 2. The summed E-state index contributed by atoms with van der Waals surface area (Å²) in [4.78, 5) is 32.7. The topological polar surface area (TPSA) is 61.8 Å². The van der Waals surface area contributed by atoms with E-state index in [1.807, 2.05) is 68.4 Å². The van der Waals surface area contributed by atoms with Crippen LogP contribution in [-0.2, 0) is 22.2 Å². The number of rotatable bonds is 5. The van der Waals surface area contributed by atoms with Gasteiger partial charge in [0, 0.05) is 17.2 Å². The number of nitrogens with zero attached hydrogens (tertiary/aromatic N) is 2. The monoisotopic (exact) mass is 479 g/mol. The van der Waals surface area contributed by atoms with Gasteiger partial charge in [0.25, 0.3) is 5.91 Å². The average Bonchev–Trinajstić information content (AvgIpc) is 2.94. The lowest BCUT2D eigenvalue weighted by Crippen LogP contribution is -2.50. The molecule has 0 radical (unpaired) electrons. The van der Waals surface area contributed by atoms with Crippen LogP contribution < -0.4 is 10.2 Å². The Hall–Kier alpha value is -3.94. The number of hydrogen-bond donors (Lipinski definition) is 1. The second-order valence-corrected chi connectivity index (χ2v) is 8.50. The number of halogens is 3. The molecule has 0 aromatic heterocycles. The van der Waals surface area contributed by atoms with Crippen LogP contribution in [0.4, 0.5) is 18.9 Å². The second kappa shape index (κ2) is 9.74. The molecule has 3 aromatic carbocycles. The van der Waals surface area contributed by atoms with Crippen molar-refractivity contribution in [3.8, 4) is 0 Å². The maximum absolute atomic E-state index is 13.5. The number of aliphatic imine (C=N–C) groups is 1. The van der Waals surface area contributed by atoms with Crippen LogP contribution in [0.5, 0.6) is 0 Å². The van der Waals surface area contributed by atoms with E-state index >= 15 is 0 Å². The fourth-order valence-electron chi connectivity index (χ4n) is 4.04. The van der Waals surface area contributed by atoms with Crippen molar-refractivity contribution in [2.75, 3.05) is 4.90 Å². The van der Waals surface area contributed by atoms with Crippen molar-refractivity contribution in [3.05, 3.63) is 101 Å². The summed E-state index contributed by atoms with van der Waals surface area (Å²) in [6.07, 6.45) is -5.83. The molecule has 0 fully saturated rings. The molecule has 0 unspecified atom stereocenters. The van der Waals surface area contributed by atoms with Gasteiger partial charge in [0.15, 0.2) is 0 Å². The molecule has 0 spiro atoms. The molecule has 1 aliphatic heterocycles. The van der Waals surface area contributed by atoms with Gasteiger partial charge in [-0.05, 0) is 37.6 Å². The molecule has 1 heterocycles. The summed E-state index contributed by atoms with van der Waals surface area (Å²) < 4.78 is 38.5. The lowest BCUT2D eigenvalue weighted by atomic mass is 10.00. The predicted octanol–water partition coefficient (Wildman–Crippen LogP) is 4.98. The molecule has 0 saturated heterocycles. The molecule has 1 aliphatic rings. The van der Waals surface area contributed by atoms with Crippen LogP contribution in [0.3, 0.4) is 0 Å². The number of alkyl halides is 3. The van der Waals surface area contributed by atoms with Gasteiger partial charge in [0.2, 0.25) is 12.1 Å². The number of para-hydroxylation sites is 1. The van der Waals surface area contributed by atoms with Crippen LogP contribution in [0.15, 0.2) is 83.9 Å². The Morgan fingerprint density at radius 1 is 0.971 bits per heavy atom. The fourth-order valence-corrected chi connectivity index (χ4v) is 4.04. The van der Waals surface area contributed by atoms with Gasteiger partial charge in [-0.25, -0.2) is 4.99 Å². The quantitative estimate of drug-likeness (QED) is 0.561. The summed E-state index contributed by atoms with van der Waals surface area (Å²) in [7, 11) is 0. The van der Waals surface area contributed by atoms with Gasteiger partial charge in [0.1, 0.15) is 0 Å². The first-order valence-corrected chi connectivity index (χ1v) is 11.2. The van der Waals surface area contributed by atoms with Gasteiger partial charge in [-0.1, -0.05) is 60.7 Å². The molecule has 3 aromatic rings. The molecule has 180 valence electrons. The fraction of sp³-hybridized carbons (Fsp3) is 0.222. The van der Waals surface area contributed by atoms with Gasteiger partial charge in [-0.2, -0.15) is 13.2 Å². The summed E-state index contributed by atoms with van der Waals surface area (Å²) >= 11 is 0. The van der Waals surface area contributed by atoms with E-state index in [4.69, 9.17) is 0 Å². The van der Waals surface area contributed by atoms with Crippen LogP contribution in [0, 0.1) is 0 Å². The summed E-state index contributed by atoms with van der Waals surface area (Å²) in [6, 6.07) is 21.0. The van der Waals surface area contributed by atoms with Gasteiger partial charge in [0.05, 0.1) is 23.4 Å². The van der Waals surface area contributed by atoms with Gasteiger partial charge >= 0.3 is 6.18 Å². The summed E-state index contributed by atoms with van der Waals surface area (Å²) in [6.45, 7) is 3.76. The van der Waals surface area contributed by atoms with Crippen LogP contribution >= 0.6 is 0 Å². The number of hydrogen-bond acceptors (Lipinski definition) is 3. The Morgan fingerprint density at radius 3 is 2.23 bits per heavy atom. The minimum Gasteiger partial charge on any atom is -0.326 e. The molecule has 1 N–H and O–H groups in total. The maximum Gasteiger partial charge on any atom is 0.416 e. The van der Waals surface area contributed by atoms with Crippen molar-refractivity contribution < 1.29 is 22.8 Å². The third-order valence-electron chi connectivity index (χ3n) is 5.66. The Morgan fingerprint density at radius 2 is 1.60 bits per heavy atom. The van der Waals surface area contributed by atoms with Crippen molar-refractivity contribution in [2.24, 2.45) is 4.99 Å². The normalized spacial score (nSPS) is 15.9. The van der Waals surface area contributed by atoms with Gasteiger partial charge in [-0.15, -0.1) is 0 Å². The second-order valence-electron chi connectivity index (χ2n) is 8.50. The van der Waals surface area contributed by atoms with E-state index in [-0.39, 0.29) is 18.4 Å². The van der Waals surface area contributed by atoms with Crippen LogP contribution in [0.2, 0.25) is 0 Å². The molecular formula is C27H24F3N3O2. The number of carbonyl (C=O) groups is 2. The highest BCUT2D eigenvalue weighted by Crippen LogP contribution is 2.30. The average molecular weight is 480 g/mol. The number of benzodiazepines with no additional fused rings is 1. The first-order chi connectivity index (χ1) is 16.6. The lowest BCUT2D eigenvalue weighted by molar-refractivity contribution is -0.137.